The summed E-state index contributed by atoms with van der Waals surface area (Å²) in [4.78, 5) is 0. The van der Waals surface area contributed by atoms with Crippen LogP contribution in [0.4, 0.5) is 4.39 Å². The highest BCUT2D eigenvalue weighted by Gasteiger charge is 2.05. The molecule has 0 N–H and O–H groups in total. The fraction of sp³-hybridized carbons (Fsp3) is 0.500. The van der Waals surface area contributed by atoms with Crippen molar-refractivity contribution in [2.75, 3.05) is 0 Å². The van der Waals surface area contributed by atoms with Gasteiger partial charge in [-0.15, -0.1) is 11.6 Å². The van der Waals surface area contributed by atoms with Crippen LogP contribution >= 0.6 is 11.6 Å². The number of halogens is 2. The zero-order chi connectivity index (χ0) is 11.3. The highest BCUT2D eigenvalue weighted by molar-refractivity contribution is 6.17. The summed E-state index contributed by atoms with van der Waals surface area (Å²) in [7, 11) is 0. The van der Waals surface area contributed by atoms with E-state index in [-0.39, 0.29) is 11.9 Å². The Labute approximate surface area is 95.2 Å². The van der Waals surface area contributed by atoms with E-state index >= 15 is 0 Å². The maximum Gasteiger partial charge on any atom is 0.127 e. The molecular formula is C12H16ClFO. The molecule has 1 nitrogen and oxygen atoms in total. The molecule has 1 atom stereocenters. The van der Waals surface area contributed by atoms with Gasteiger partial charge in [-0.1, -0.05) is 13.3 Å². The molecule has 0 aliphatic heterocycles. The smallest absolute Gasteiger partial charge is 0.127 e. The normalized spacial score (nSPS) is 12.5. The fourth-order valence-corrected chi connectivity index (χ4v) is 1.62. The van der Waals surface area contributed by atoms with E-state index in [1.807, 2.05) is 6.92 Å². The van der Waals surface area contributed by atoms with Crippen LogP contribution in [-0.4, -0.2) is 6.10 Å². The van der Waals surface area contributed by atoms with Crippen LogP contribution in [0.1, 0.15) is 32.3 Å². The lowest BCUT2D eigenvalue weighted by atomic mass is 10.2. The van der Waals surface area contributed by atoms with E-state index < -0.39 is 0 Å². The van der Waals surface area contributed by atoms with Crippen molar-refractivity contribution in [1.29, 1.82) is 0 Å². The van der Waals surface area contributed by atoms with Crippen molar-refractivity contribution in [3.05, 3.63) is 29.6 Å². The average Bonchev–Trinajstić information content (AvgIpc) is 2.17. The summed E-state index contributed by atoms with van der Waals surface area (Å²) in [6.07, 6.45) is 2.13. The van der Waals surface area contributed by atoms with Gasteiger partial charge >= 0.3 is 0 Å². The summed E-state index contributed by atoms with van der Waals surface area (Å²) in [6.45, 7) is 4.07. The van der Waals surface area contributed by atoms with Crippen LogP contribution in [-0.2, 0) is 5.88 Å². The summed E-state index contributed by atoms with van der Waals surface area (Å²) in [5.41, 5.74) is 0.746. The second-order valence-electron chi connectivity index (χ2n) is 3.65. The average molecular weight is 231 g/mol. The molecule has 0 aliphatic rings. The maximum absolute atomic E-state index is 13.1. The Hall–Kier alpha value is -0.760. The van der Waals surface area contributed by atoms with Crippen LogP contribution in [0.5, 0.6) is 5.75 Å². The van der Waals surface area contributed by atoms with Crippen LogP contribution in [0.3, 0.4) is 0 Å². The molecule has 1 unspecified atom stereocenters. The molecule has 0 spiro atoms. The highest BCUT2D eigenvalue weighted by Crippen LogP contribution is 2.19. The van der Waals surface area contributed by atoms with Crippen molar-refractivity contribution < 1.29 is 9.13 Å². The zero-order valence-electron chi connectivity index (χ0n) is 9.09. The second-order valence-corrected chi connectivity index (χ2v) is 3.91. The summed E-state index contributed by atoms with van der Waals surface area (Å²) in [5.74, 6) is 0.564. The number of rotatable bonds is 5. The first-order valence-corrected chi connectivity index (χ1v) is 5.71. The first kappa shape index (κ1) is 12.3. The summed E-state index contributed by atoms with van der Waals surface area (Å²) in [6, 6.07) is 4.59. The Balaban J connectivity index is 2.71. The minimum Gasteiger partial charge on any atom is -0.491 e. The van der Waals surface area contributed by atoms with E-state index in [0.717, 1.165) is 18.4 Å². The SMILES string of the molecule is CCCC(C)Oc1cc(F)cc(CCl)c1. The summed E-state index contributed by atoms with van der Waals surface area (Å²) < 4.78 is 18.7. The van der Waals surface area contributed by atoms with Gasteiger partial charge in [0.2, 0.25) is 0 Å². The van der Waals surface area contributed by atoms with Gasteiger partial charge in [0.15, 0.2) is 0 Å². The van der Waals surface area contributed by atoms with Crippen molar-refractivity contribution in [1.82, 2.24) is 0 Å². The number of hydrogen-bond acceptors (Lipinski definition) is 1. The van der Waals surface area contributed by atoms with E-state index in [4.69, 9.17) is 16.3 Å². The summed E-state index contributed by atoms with van der Waals surface area (Å²) in [5, 5.41) is 0. The molecule has 0 fully saturated rings. The van der Waals surface area contributed by atoms with Gasteiger partial charge in [-0.05, 0) is 31.0 Å². The van der Waals surface area contributed by atoms with Gasteiger partial charge in [0.1, 0.15) is 11.6 Å². The van der Waals surface area contributed by atoms with Gasteiger partial charge in [0.05, 0.1) is 6.10 Å². The van der Waals surface area contributed by atoms with Gasteiger partial charge in [-0.2, -0.15) is 0 Å². The molecule has 0 radical (unpaired) electrons. The monoisotopic (exact) mass is 230 g/mol. The Morgan fingerprint density at radius 3 is 2.73 bits per heavy atom. The van der Waals surface area contributed by atoms with Crippen LogP contribution < -0.4 is 4.74 Å². The molecule has 0 bridgehead atoms. The molecule has 1 aromatic carbocycles. The number of benzene rings is 1. The molecule has 0 amide bonds. The zero-order valence-corrected chi connectivity index (χ0v) is 9.85. The molecule has 1 rings (SSSR count). The fourth-order valence-electron chi connectivity index (χ4n) is 1.46. The van der Waals surface area contributed by atoms with Gasteiger partial charge in [0.25, 0.3) is 0 Å². The molecule has 0 saturated carbocycles. The Morgan fingerprint density at radius 2 is 2.13 bits per heavy atom. The molecular weight excluding hydrogens is 215 g/mol. The molecule has 15 heavy (non-hydrogen) atoms. The van der Waals surface area contributed by atoms with Crippen molar-refractivity contribution in [2.24, 2.45) is 0 Å². The standard InChI is InChI=1S/C12H16ClFO/c1-3-4-9(2)15-12-6-10(8-13)5-11(14)7-12/h5-7,9H,3-4,8H2,1-2H3. The van der Waals surface area contributed by atoms with Gasteiger partial charge < -0.3 is 4.74 Å². The first-order valence-electron chi connectivity index (χ1n) is 5.17. The third kappa shape index (κ3) is 4.08. The molecule has 0 aromatic heterocycles. The predicted molar refractivity (Wildman–Crippen MR) is 61.0 cm³/mol. The largest absolute Gasteiger partial charge is 0.491 e. The molecule has 3 heteroatoms. The first-order chi connectivity index (χ1) is 7.15. The van der Waals surface area contributed by atoms with Crippen molar-refractivity contribution in [2.45, 2.75) is 38.7 Å². The van der Waals surface area contributed by atoms with Crippen LogP contribution in [0.2, 0.25) is 0 Å². The molecule has 1 aromatic rings. The van der Waals surface area contributed by atoms with Crippen molar-refractivity contribution >= 4 is 11.6 Å². The Morgan fingerprint density at radius 1 is 1.40 bits per heavy atom. The van der Waals surface area contributed by atoms with Crippen molar-refractivity contribution in [3.8, 4) is 5.75 Å². The quantitative estimate of drug-likeness (QED) is 0.691. The Kier molecular flexibility index (Phi) is 4.89. The predicted octanol–water partition coefficient (Wildman–Crippen LogP) is 4.13. The number of alkyl halides is 1. The van der Waals surface area contributed by atoms with E-state index in [9.17, 15) is 4.39 Å². The van der Waals surface area contributed by atoms with Gasteiger partial charge in [-0.3, -0.25) is 0 Å². The minimum atomic E-state index is -0.299. The third-order valence-electron chi connectivity index (χ3n) is 2.12. The van der Waals surface area contributed by atoms with E-state index in [0.29, 0.717) is 11.6 Å². The van der Waals surface area contributed by atoms with E-state index in [2.05, 4.69) is 6.92 Å². The topological polar surface area (TPSA) is 9.23 Å². The molecule has 0 aliphatic carbocycles. The highest BCUT2D eigenvalue weighted by atomic mass is 35.5. The van der Waals surface area contributed by atoms with Crippen LogP contribution in [0.15, 0.2) is 18.2 Å². The lowest BCUT2D eigenvalue weighted by Crippen LogP contribution is -2.11. The van der Waals surface area contributed by atoms with Gasteiger partial charge in [-0.25, -0.2) is 4.39 Å². The molecule has 0 heterocycles. The Bertz CT molecular complexity index is 314. The van der Waals surface area contributed by atoms with Crippen LogP contribution in [0.25, 0.3) is 0 Å². The summed E-state index contributed by atoms with van der Waals surface area (Å²) >= 11 is 5.65. The molecule has 0 saturated heterocycles. The van der Waals surface area contributed by atoms with E-state index in [1.165, 1.54) is 12.1 Å². The lowest BCUT2D eigenvalue weighted by molar-refractivity contribution is 0.209. The maximum atomic E-state index is 13.1. The second kappa shape index (κ2) is 5.96. The third-order valence-corrected chi connectivity index (χ3v) is 2.43. The number of ether oxygens (including phenoxy) is 1. The minimum absolute atomic E-state index is 0.111. The van der Waals surface area contributed by atoms with Crippen molar-refractivity contribution in [3.63, 3.8) is 0 Å². The molecule has 84 valence electrons. The number of hydrogen-bond donors (Lipinski definition) is 0. The van der Waals surface area contributed by atoms with E-state index in [1.54, 1.807) is 6.07 Å². The van der Waals surface area contributed by atoms with Crippen LogP contribution in [0, 0.1) is 5.82 Å². The lowest BCUT2D eigenvalue weighted by Gasteiger charge is -2.14. The van der Waals surface area contributed by atoms with Gasteiger partial charge in [0, 0.05) is 11.9 Å².